The zero-order chi connectivity index (χ0) is 15.5. The van der Waals surface area contributed by atoms with E-state index in [2.05, 4.69) is 18.8 Å². The number of rotatable bonds is 6. The smallest absolute Gasteiger partial charge is 0.319 e. The molecule has 1 aliphatic rings. The lowest BCUT2D eigenvalue weighted by molar-refractivity contribution is -0.131. The fraction of sp³-hybridized carbons (Fsp3) is 0.375. The summed E-state index contributed by atoms with van der Waals surface area (Å²) in [6.45, 7) is 5.65. The van der Waals surface area contributed by atoms with Crippen LogP contribution < -0.4 is 5.32 Å². The van der Waals surface area contributed by atoms with E-state index in [9.17, 15) is 9.59 Å². The van der Waals surface area contributed by atoms with E-state index in [1.165, 1.54) is 0 Å². The van der Waals surface area contributed by atoms with E-state index in [1.807, 2.05) is 30.3 Å². The summed E-state index contributed by atoms with van der Waals surface area (Å²) in [6.07, 6.45) is 2.36. The van der Waals surface area contributed by atoms with Crippen molar-refractivity contribution < 1.29 is 9.59 Å². The van der Waals surface area contributed by atoms with Crippen molar-refractivity contribution in [3.05, 3.63) is 47.5 Å². The Morgan fingerprint density at radius 3 is 2.57 bits per heavy atom. The summed E-state index contributed by atoms with van der Waals surface area (Å²) in [5, 5.41) is 3.12. The Hall–Kier alpha value is -1.81. The maximum atomic E-state index is 12.8. The van der Waals surface area contributed by atoms with E-state index in [-0.39, 0.29) is 17.5 Å². The minimum Gasteiger partial charge on any atom is -0.319 e. The number of imide groups is 1. The molecule has 5 heteroatoms. The number of hydrogen-bond acceptors (Lipinski definition) is 2. The van der Waals surface area contributed by atoms with Crippen LogP contribution in [0, 0.1) is 0 Å². The Morgan fingerprint density at radius 1 is 1.33 bits per heavy atom. The number of halogens is 1. The zero-order valence-corrected chi connectivity index (χ0v) is 12.8. The van der Waals surface area contributed by atoms with Gasteiger partial charge in [-0.15, -0.1) is 0 Å². The Balaban J connectivity index is 2.40. The van der Waals surface area contributed by atoms with Crippen LogP contribution in [0.4, 0.5) is 4.79 Å². The van der Waals surface area contributed by atoms with Crippen LogP contribution in [0.25, 0.3) is 0 Å². The predicted molar refractivity (Wildman–Crippen MR) is 82.9 cm³/mol. The van der Waals surface area contributed by atoms with Gasteiger partial charge < -0.3 is 5.32 Å². The first-order valence-electron chi connectivity index (χ1n) is 7.04. The van der Waals surface area contributed by atoms with Gasteiger partial charge in [-0.1, -0.05) is 68.3 Å². The maximum Gasteiger partial charge on any atom is 0.325 e. The fourth-order valence-corrected chi connectivity index (χ4v) is 2.73. The minimum atomic E-state index is -0.985. The van der Waals surface area contributed by atoms with E-state index >= 15 is 0 Å². The molecule has 21 heavy (non-hydrogen) atoms. The third-order valence-corrected chi connectivity index (χ3v) is 3.80. The molecule has 0 saturated carbocycles. The van der Waals surface area contributed by atoms with Crippen molar-refractivity contribution in [2.24, 2.45) is 0 Å². The van der Waals surface area contributed by atoms with E-state index in [4.69, 9.17) is 11.6 Å². The molecule has 0 bridgehead atoms. The topological polar surface area (TPSA) is 49.4 Å². The van der Waals surface area contributed by atoms with Gasteiger partial charge in [0.15, 0.2) is 0 Å². The molecule has 3 amide bonds. The third kappa shape index (κ3) is 2.95. The standard InChI is InChI=1S/C16H19ClN2O2/c1-3-4-10-16(13-8-6-5-7-9-13)14(20)19(11-12(2)17)15(21)18-16/h5-9H,2-4,10-11H2,1H3,(H,18,21). The van der Waals surface area contributed by atoms with Crippen molar-refractivity contribution in [1.29, 1.82) is 0 Å². The summed E-state index contributed by atoms with van der Waals surface area (Å²) >= 11 is 5.76. The van der Waals surface area contributed by atoms with E-state index < -0.39 is 11.6 Å². The highest BCUT2D eigenvalue weighted by Gasteiger charge is 2.51. The molecule has 1 unspecified atom stereocenters. The van der Waals surface area contributed by atoms with E-state index in [0.717, 1.165) is 23.3 Å². The predicted octanol–water partition coefficient (Wildman–Crippen LogP) is 3.38. The van der Waals surface area contributed by atoms with Gasteiger partial charge in [0.05, 0.1) is 6.54 Å². The number of carbonyl (C=O) groups excluding carboxylic acids is 2. The minimum absolute atomic E-state index is 0.0347. The van der Waals surface area contributed by atoms with Crippen molar-refractivity contribution in [3.63, 3.8) is 0 Å². The van der Waals surface area contributed by atoms with Crippen LogP contribution >= 0.6 is 11.6 Å². The summed E-state index contributed by atoms with van der Waals surface area (Å²) in [7, 11) is 0. The number of urea groups is 1. The van der Waals surface area contributed by atoms with Crippen LogP contribution in [0.3, 0.4) is 0 Å². The molecular weight excluding hydrogens is 288 g/mol. The fourth-order valence-electron chi connectivity index (χ4n) is 2.62. The zero-order valence-electron chi connectivity index (χ0n) is 12.1. The Morgan fingerprint density at radius 2 is 2.00 bits per heavy atom. The Bertz CT molecular complexity index is 559. The lowest BCUT2D eigenvalue weighted by atomic mass is 9.85. The molecule has 1 aromatic carbocycles. The number of amides is 3. The Kier molecular flexibility index (Phi) is 4.68. The first-order chi connectivity index (χ1) is 10.0. The van der Waals surface area contributed by atoms with Gasteiger partial charge in [0.25, 0.3) is 5.91 Å². The van der Waals surface area contributed by atoms with Crippen molar-refractivity contribution >= 4 is 23.5 Å². The lowest BCUT2D eigenvalue weighted by Crippen LogP contribution is -2.44. The molecule has 4 nitrogen and oxygen atoms in total. The molecule has 1 saturated heterocycles. The molecule has 1 heterocycles. The van der Waals surface area contributed by atoms with Crippen molar-refractivity contribution in [2.45, 2.75) is 31.7 Å². The van der Waals surface area contributed by atoms with Crippen LogP contribution in [-0.4, -0.2) is 23.4 Å². The SMILES string of the molecule is C=C(Cl)CN1C(=O)NC(CCCC)(c2ccccc2)C1=O. The van der Waals surface area contributed by atoms with Crippen molar-refractivity contribution in [2.75, 3.05) is 6.54 Å². The summed E-state index contributed by atoms with van der Waals surface area (Å²) in [5.41, 5.74) is -0.180. The van der Waals surface area contributed by atoms with Crippen molar-refractivity contribution in [3.8, 4) is 0 Å². The molecule has 0 aromatic heterocycles. The normalized spacial score (nSPS) is 21.5. The number of unbranched alkanes of at least 4 members (excludes halogenated alkanes) is 1. The van der Waals surface area contributed by atoms with Gasteiger partial charge in [-0.2, -0.15) is 0 Å². The first-order valence-corrected chi connectivity index (χ1v) is 7.42. The summed E-state index contributed by atoms with van der Waals surface area (Å²) in [6, 6.07) is 8.94. The molecule has 0 aliphatic carbocycles. The summed E-state index contributed by atoms with van der Waals surface area (Å²) in [4.78, 5) is 26.1. The van der Waals surface area contributed by atoms with Gasteiger partial charge in [-0.05, 0) is 12.0 Å². The van der Waals surface area contributed by atoms with E-state index in [1.54, 1.807) is 0 Å². The van der Waals surface area contributed by atoms with Crippen molar-refractivity contribution in [1.82, 2.24) is 10.2 Å². The van der Waals surface area contributed by atoms with Gasteiger partial charge >= 0.3 is 6.03 Å². The molecular formula is C16H19ClN2O2. The van der Waals surface area contributed by atoms with Gasteiger partial charge in [0, 0.05) is 5.03 Å². The number of nitrogens with one attached hydrogen (secondary N) is 1. The van der Waals surface area contributed by atoms with Gasteiger partial charge in [-0.25, -0.2) is 4.79 Å². The van der Waals surface area contributed by atoms with Gasteiger partial charge in [0.1, 0.15) is 5.54 Å². The average Bonchev–Trinajstić information content (AvgIpc) is 2.71. The van der Waals surface area contributed by atoms with Gasteiger partial charge in [-0.3, -0.25) is 9.69 Å². The third-order valence-electron chi connectivity index (χ3n) is 3.68. The molecule has 1 fully saturated rings. The first kappa shape index (κ1) is 15.6. The number of carbonyl (C=O) groups is 2. The second-order valence-corrected chi connectivity index (χ2v) is 5.75. The van der Waals surface area contributed by atoms with Crippen LogP contribution in [0.15, 0.2) is 41.9 Å². The summed E-state index contributed by atoms with van der Waals surface area (Å²) in [5.74, 6) is -0.256. The Labute approximate surface area is 129 Å². The van der Waals surface area contributed by atoms with Crippen LogP contribution in [0.1, 0.15) is 31.7 Å². The largest absolute Gasteiger partial charge is 0.325 e. The monoisotopic (exact) mass is 306 g/mol. The second-order valence-electron chi connectivity index (χ2n) is 5.21. The molecule has 0 spiro atoms. The molecule has 2 rings (SSSR count). The molecule has 1 aliphatic heterocycles. The number of hydrogen-bond donors (Lipinski definition) is 1. The molecule has 112 valence electrons. The number of benzene rings is 1. The molecule has 1 N–H and O–H groups in total. The highest BCUT2D eigenvalue weighted by Crippen LogP contribution is 2.34. The highest BCUT2D eigenvalue weighted by atomic mass is 35.5. The molecule has 1 atom stereocenters. The van der Waals surface area contributed by atoms with Crippen LogP contribution in [0.2, 0.25) is 0 Å². The quantitative estimate of drug-likeness (QED) is 0.819. The van der Waals surface area contributed by atoms with Crippen LogP contribution in [-0.2, 0) is 10.3 Å². The summed E-state index contributed by atoms with van der Waals surface area (Å²) < 4.78 is 0. The lowest BCUT2D eigenvalue weighted by Gasteiger charge is -2.27. The van der Waals surface area contributed by atoms with E-state index in [0.29, 0.717) is 6.42 Å². The number of nitrogens with zero attached hydrogens (tertiary/aromatic N) is 1. The highest BCUT2D eigenvalue weighted by molar-refractivity contribution is 6.30. The van der Waals surface area contributed by atoms with Gasteiger partial charge in [0.2, 0.25) is 0 Å². The maximum absolute atomic E-state index is 12.8. The molecule has 1 aromatic rings. The average molecular weight is 307 g/mol. The molecule has 0 radical (unpaired) electrons. The second kappa shape index (κ2) is 6.31. The van der Waals surface area contributed by atoms with Crippen LogP contribution in [0.5, 0.6) is 0 Å².